The summed E-state index contributed by atoms with van der Waals surface area (Å²) in [6, 6.07) is 2.21. The molecule has 0 fully saturated rings. The number of carbonyl (C=O) groups is 3. The van der Waals surface area contributed by atoms with Gasteiger partial charge in [0.05, 0.1) is 17.2 Å². The third-order valence-electron chi connectivity index (χ3n) is 4.18. The highest BCUT2D eigenvalue weighted by Gasteiger charge is 2.41. The first-order valence-corrected chi connectivity index (χ1v) is 7.25. The van der Waals surface area contributed by atoms with E-state index in [0.717, 1.165) is 18.9 Å². The predicted molar refractivity (Wildman–Crippen MR) is 73.8 cm³/mol. The van der Waals surface area contributed by atoms with Crippen LogP contribution in [0.25, 0.3) is 0 Å². The van der Waals surface area contributed by atoms with Crippen molar-refractivity contribution in [3.63, 3.8) is 0 Å². The zero-order valence-corrected chi connectivity index (χ0v) is 12.3. The van der Waals surface area contributed by atoms with Gasteiger partial charge in [-0.25, -0.2) is 4.90 Å². The number of rotatable bonds is 2. The van der Waals surface area contributed by atoms with Crippen LogP contribution < -0.4 is 10.0 Å². The fourth-order valence-electron chi connectivity index (χ4n) is 3.06. The van der Waals surface area contributed by atoms with Crippen molar-refractivity contribution in [1.29, 1.82) is 0 Å². The topological polar surface area (TPSA) is 77.5 Å². The molecule has 1 heterocycles. The van der Waals surface area contributed by atoms with Crippen molar-refractivity contribution in [3.05, 3.63) is 40.5 Å². The van der Waals surface area contributed by atoms with Gasteiger partial charge in [-0.2, -0.15) is 13.2 Å². The number of aromatic carboxylic acids is 1. The number of hydrogen-bond acceptors (Lipinski definition) is 4. The largest absolute Gasteiger partial charge is 0.545 e. The van der Waals surface area contributed by atoms with Gasteiger partial charge in [0.2, 0.25) is 0 Å². The van der Waals surface area contributed by atoms with E-state index in [1.54, 1.807) is 0 Å². The number of carbonyl (C=O) groups excluding carboxylic acids is 3. The quantitative estimate of drug-likeness (QED) is 0.771. The predicted octanol–water partition coefficient (Wildman–Crippen LogP) is 1.81. The SMILES string of the molecule is O=C([O-])c1ccc(N2C(=O)C3=C(CCCC3)C2=O)cc1C(F)(F)F. The normalized spacial score (nSPS) is 18.2. The van der Waals surface area contributed by atoms with E-state index in [0.29, 0.717) is 41.0 Å². The lowest BCUT2D eigenvalue weighted by Gasteiger charge is -2.19. The molecular formula is C16H11F3NO4-. The maximum Gasteiger partial charge on any atom is 0.417 e. The Hall–Kier alpha value is -2.64. The van der Waals surface area contributed by atoms with Gasteiger partial charge in [-0.15, -0.1) is 0 Å². The van der Waals surface area contributed by atoms with Gasteiger partial charge in [0, 0.05) is 16.7 Å². The number of anilines is 1. The highest BCUT2D eigenvalue weighted by atomic mass is 19.4. The zero-order valence-electron chi connectivity index (χ0n) is 12.3. The van der Waals surface area contributed by atoms with Crippen molar-refractivity contribution in [1.82, 2.24) is 0 Å². The lowest BCUT2D eigenvalue weighted by molar-refractivity contribution is -0.255. The Morgan fingerprint density at radius 3 is 2.04 bits per heavy atom. The minimum Gasteiger partial charge on any atom is -0.545 e. The standard InChI is InChI=1S/C16H12F3NO4/c17-16(18,19)12-7-8(5-6-11(12)15(23)24)20-13(21)9-3-1-2-4-10(9)14(20)22/h5-7H,1-4H2,(H,23,24)/p-1. The Morgan fingerprint density at radius 1 is 1.04 bits per heavy atom. The fraction of sp³-hybridized carbons (Fsp3) is 0.312. The van der Waals surface area contributed by atoms with Crippen LogP contribution in [0.2, 0.25) is 0 Å². The van der Waals surface area contributed by atoms with Gasteiger partial charge < -0.3 is 9.90 Å². The van der Waals surface area contributed by atoms with Crippen molar-refractivity contribution in [2.24, 2.45) is 0 Å². The van der Waals surface area contributed by atoms with Gasteiger partial charge in [0.15, 0.2) is 0 Å². The number of carboxylic acids is 1. The summed E-state index contributed by atoms with van der Waals surface area (Å²) < 4.78 is 39.2. The molecule has 0 atom stereocenters. The molecule has 2 aliphatic rings. The van der Waals surface area contributed by atoms with E-state index in [2.05, 4.69) is 0 Å². The first kappa shape index (κ1) is 16.2. The third-order valence-corrected chi connectivity index (χ3v) is 4.18. The van der Waals surface area contributed by atoms with E-state index >= 15 is 0 Å². The number of nitrogens with zero attached hydrogens (tertiary/aromatic N) is 1. The monoisotopic (exact) mass is 338 g/mol. The lowest BCUT2D eigenvalue weighted by atomic mass is 9.93. The summed E-state index contributed by atoms with van der Waals surface area (Å²) in [7, 11) is 0. The molecule has 3 rings (SSSR count). The first-order chi connectivity index (χ1) is 11.2. The molecule has 0 radical (unpaired) electrons. The Morgan fingerprint density at radius 2 is 1.58 bits per heavy atom. The molecule has 1 aliphatic carbocycles. The molecule has 0 saturated heterocycles. The van der Waals surface area contributed by atoms with Gasteiger partial charge >= 0.3 is 6.18 Å². The molecule has 0 spiro atoms. The van der Waals surface area contributed by atoms with E-state index in [1.165, 1.54) is 0 Å². The van der Waals surface area contributed by atoms with Gasteiger partial charge in [-0.3, -0.25) is 9.59 Å². The Labute approximate surface area is 134 Å². The van der Waals surface area contributed by atoms with Crippen molar-refractivity contribution >= 4 is 23.5 Å². The second-order valence-electron chi connectivity index (χ2n) is 5.63. The highest BCUT2D eigenvalue weighted by Crippen LogP contribution is 2.39. The Bertz CT molecular complexity index is 767. The van der Waals surface area contributed by atoms with E-state index in [4.69, 9.17) is 0 Å². The summed E-state index contributed by atoms with van der Waals surface area (Å²) in [5.74, 6) is -3.25. The smallest absolute Gasteiger partial charge is 0.417 e. The molecule has 126 valence electrons. The van der Waals surface area contributed by atoms with Gasteiger partial charge in [0.1, 0.15) is 0 Å². The number of halogens is 3. The molecule has 1 aliphatic heterocycles. The van der Waals surface area contributed by atoms with Crippen LogP contribution in [0, 0.1) is 0 Å². The number of carboxylic acid groups (broad SMARTS) is 1. The number of benzene rings is 1. The molecule has 2 amide bonds. The zero-order chi connectivity index (χ0) is 17.6. The molecule has 0 bridgehead atoms. The molecular weight excluding hydrogens is 327 g/mol. The average Bonchev–Trinajstić information content (AvgIpc) is 2.78. The molecule has 0 unspecified atom stereocenters. The van der Waals surface area contributed by atoms with Crippen molar-refractivity contribution in [2.75, 3.05) is 4.90 Å². The summed E-state index contributed by atoms with van der Waals surface area (Å²) >= 11 is 0. The molecule has 24 heavy (non-hydrogen) atoms. The minimum absolute atomic E-state index is 0.295. The van der Waals surface area contributed by atoms with E-state index in [1.807, 2.05) is 0 Å². The van der Waals surface area contributed by atoms with E-state index in [-0.39, 0.29) is 5.69 Å². The van der Waals surface area contributed by atoms with Crippen LogP contribution >= 0.6 is 0 Å². The number of amides is 2. The fourth-order valence-corrected chi connectivity index (χ4v) is 3.06. The third kappa shape index (κ3) is 2.47. The first-order valence-electron chi connectivity index (χ1n) is 7.25. The Kier molecular flexibility index (Phi) is 3.70. The lowest BCUT2D eigenvalue weighted by Crippen LogP contribution is -2.32. The molecule has 0 aromatic heterocycles. The number of hydrogen-bond donors (Lipinski definition) is 0. The van der Waals surface area contributed by atoms with Crippen LogP contribution in [-0.2, 0) is 15.8 Å². The van der Waals surface area contributed by atoms with Crippen LogP contribution in [0.15, 0.2) is 29.3 Å². The van der Waals surface area contributed by atoms with Gasteiger partial charge in [0.25, 0.3) is 11.8 Å². The van der Waals surface area contributed by atoms with Crippen molar-refractivity contribution < 1.29 is 32.7 Å². The maximum absolute atomic E-state index is 13.1. The molecule has 5 nitrogen and oxygen atoms in total. The van der Waals surface area contributed by atoms with Crippen molar-refractivity contribution in [2.45, 2.75) is 31.9 Å². The highest BCUT2D eigenvalue weighted by molar-refractivity contribution is 6.33. The molecule has 1 aromatic carbocycles. The van der Waals surface area contributed by atoms with Crippen LogP contribution in [0.5, 0.6) is 0 Å². The number of imide groups is 1. The average molecular weight is 338 g/mol. The molecule has 0 saturated carbocycles. The van der Waals surface area contributed by atoms with Gasteiger partial charge in [-0.1, -0.05) is 6.07 Å². The molecule has 0 N–H and O–H groups in total. The van der Waals surface area contributed by atoms with E-state index < -0.39 is 35.1 Å². The summed E-state index contributed by atoms with van der Waals surface area (Å²) in [6.45, 7) is 0. The van der Waals surface area contributed by atoms with Crippen LogP contribution in [0.1, 0.15) is 41.6 Å². The maximum atomic E-state index is 13.1. The molecule has 8 heteroatoms. The Balaban J connectivity index is 2.07. The second kappa shape index (κ2) is 5.47. The summed E-state index contributed by atoms with van der Waals surface area (Å²) in [5.41, 5.74) is -2.11. The van der Waals surface area contributed by atoms with Crippen LogP contribution in [0.3, 0.4) is 0 Å². The summed E-state index contributed by atoms with van der Waals surface area (Å²) in [5, 5.41) is 10.9. The van der Waals surface area contributed by atoms with Crippen LogP contribution in [0.4, 0.5) is 18.9 Å². The number of alkyl halides is 3. The van der Waals surface area contributed by atoms with E-state index in [9.17, 15) is 32.7 Å². The molecule has 1 aromatic rings. The summed E-state index contributed by atoms with van der Waals surface area (Å²) in [4.78, 5) is 36.3. The van der Waals surface area contributed by atoms with Crippen LogP contribution in [-0.4, -0.2) is 17.8 Å². The van der Waals surface area contributed by atoms with Gasteiger partial charge in [-0.05, 0) is 37.8 Å². The van der Waals surface area contributed by atoms with Crippen molar-refractivity contribution in [3.8, 4) is 0 Å². The minimum atomic E-state index is -4.95. The summed E-state index contributed by atoms with van der Waals surface area (Å²) in [6.07, 6.45) is -2.64. The second-order valence-corrected chi connectivity index (χ2v) is 5.63.